The van der Waals surface area contributed by atoms with Gasteiger partial charge in [-0.25, -0.2) is 0 Å². The van der Waals surface area contributed by atoms with Crippen LogP contribution in [0, 0.1) is 5.92 Å². The van der Waals surface area contributed by atoms with Gasteiger partial charge in [-0.2, -0.15) is 0 Å². The predicted molar refractivity (Wildman–Crippen MR) is 125 cm³/mol. The average molecular weight is 421 g/mol. The van der Waals surface area contributed by atoms with Gasteiger partial charge in [0.15, 0.2) is 0 Å². The summed E-state index contributed by atoms with van der Waals surface area (Å²) in [5.41, 5.74) is 3.86. The third kappa shape index (κ3) is 6.33. The van der Waals surface area contributed by atoms with E-state index in [1.165, 1.54) is 49.0 Å². The molecule has 0 radical (unpaired) electrons. The van der Waals surface area contributed by atoms with Crippen molar-refractivity contribution >= 4 is 5.91 Å². The SMILES string of the molecule is COc1ccc(CCC(=O)N(Cc2ccc(CC3CCN(C)CC3)cc2)C2CC2)cc1. The smallest absolute Gasteiger partial charge is 0.223 e. The van der Waals surface area contributed by atoms with Crippen LogP contribution in [0.1, 0.15) is 48.8 Å². The first kappa shape index (κ1) is 21.9. The zero-order chi connectivity index (χ0) is 21.6. The van der Waals surface area contributed by atoms with Crippen LogP contribution in [-0.2, 0) is 24.2 Å². The summed E-state index contributed by atoms with van der Waals surface area (Å²) < 4.78 is 5.22. The zero-order valence-electron chi connectivity index (χ0n) is 19.1. The van der Waals surface area contributed by atoms with Crippen molar-refractivity contribution < 1.29 is 9.53 Å². The highest BCUT2D eigenvalue weighted by Gasteiger charge is 2.32. The second-order valence-corrected chi connectivity index (χ2v) is 9.37. The molecule has 1 aliphatic carbocycles. The molecule has 4 heteroatoms. The Balaban J connectivity index is 1.29. The molecular weight excluding hydrogens is 384 g/mol. The minimum atomic E-state index is 0.272. The lowest BCUT2D eigenvalue weighted by Gasteiger charge is -2.29. The average Bonchev–Trinajstić information content (AvgIpc) is 3.64. The number of hydrogen-bond donors (Lipinski definition) is 0. The minimum absolute atomic E-state index is 0.272. The van der Waals surface area contributed by atoms with Gasteiger partial charge >= 0.3 is 0 Å². The van der Waals surface area contributed by atoms with E-state index in [4.69, 9.17) is 4.74 Å². The summed E-state index contributed by atoms with van der Waals surface area (Å²) in [4.78, 5) is 17.5. The quantitative estimate of drug-likeness (QED) is 0.589. The standard InChI is InChI=1S/C27H36N2O2/c1-28-17-15-23(16-18-28)19-22-3-5-24(6-4-22)20-29(25-10-11-25)27(30)14-9-21-7-12-26(31-2)13-8-21/h3-8,12-13,23,25H,9-11,14-20H2,1-2H3. The lowest BCUT2D eigenvalue weighted by molar-refractivity contribution is -0.132. The summed E-state index contributed by atoms with van der Waals surface area (Å²) in [5, 5.41) is 0. The van der Waals surface area contributed by atoms with Crippen molar-refractivity contribution in [1.82, 2.24) is 9.80 Å². The van der Waals surface area contributed by atoms with E-state index in [2.05, 4.69) is 53.2 Å². The van der Waals surface area contributed by atoms with Gasteiger partial charge < -0.3 is 14.5 Å². The fourth-order valence-electron chi connectivity index (χ4n) is 4.57. The van der Waals surface area contributed by atoms with Crippen molar-refractivity contribution in [2.75, 3.05) is 27.2 Å². The van der Waals surface area contributed by atoms with E-state index < -0.39 is 0 Å². The maximum atomic E-state index is 13.0. The molecule has 1 amide bonds. The van der Waals surface area contributed by atoms with Crippen LogP contribution >= 0.6 is 0 Å². The molecule has 1 aliphatic heterocycles. The minimum Gasteiger partial charge on any atom is -0.497 e. The summed E-state index contributed by atoms with van der Waals surface area (Å²) in [6.07, 6.45) is 7.41. The number of nitrogens with zero attached hydrogens (tertiary/aromatic N) is 2. The third-order valence-corrected chi connectivity index (χ3v) is 6.83. The molecule has 1 saturated heterocycles. The lowest BCUT2D eigenvalue weighted by Crippen LogP contribution is -2.32. The number of rotatable bonds is 9. The van der Waals surface area contributed by atoms with Crippen molar-refractivity contribution in [3.05, 3.63) is 65.2 Å². The number of hydrogen-bond acceptors (Lipinski definition) is 3. The maximum Gasteiger partial charge on any atom is 0.223 e. The van der Waals surface area contributed by atoms with Gasteiger partial charge in [0.05, 0.1) is 7.11 Å². The van der Waals surface area contributed by atoms with Crippen LogP contribution in [0.4, 0.5) is 0 Å². The second-order valence-electron chi connectivity index (χ2n) is 9.37. The summed E-state index contributed by atoms with van der Waals surface area (Å²) in [6.45, 7) is 3.18. The van der Waals surface area contributed by atoms with Crippen LogP contribution in [0.25, 0.3) is 0 Å². The summed E-state index contributed by atoms with van der Waals surface area (Å²) in [5.74, 6) is 1.94. The Labute approximate surface area is 187 Å². The Hall–Kier alpha value is -2.33. The zero-order valence-corrected chi connectivity index (χ0v) is 19.1. The van der Waals surface area contributed by atoms with E-state index in [1.807, 2.05) is 12.1 Å². The molecule has 0 unspecified atom stereocenters. The van der Waals surface area contributed by atoms with Gasteiger partial charge in [0.2, 0.25) is 5.91 Å². The largest absolute Gasteiger partial charge is 0.497 e. The van der Waals surface area contributed by atoms with Gasteiger partial charge in [-0.15, -0.1) is 0 Å². The number of methoxy groups -OCH3 is 1. The molecular formula is C27H36N2O2. The number of piperidine rings is 1. The van der Waals surface area contributed by atoms with E-state index in [0.29, 0.717) is 12.5 Å². The Morgan fingerprint density at radius 3 is 2.16 bits per heavy atom. The monoisotopic (exact) mass is 420 g/mol. The Morgan fingerprint density at radius 1 is 0.935 bits per heavy atom. The third-order valence-electron chi connectivity index (χ3n) is 6.83. The van der Waals surface area contributed by atoms with E-state index in [-0.39, 0.29) is 5.91 Å². The Kier molecular flexibility index (Phi) is 7.29. The van der Waals surface area contributed by atoms with E-state index in [0.717, 1.165) is 37.5 Å². The van der Waals surface area contributed by atoms with Crippen molar-refractivity contribution in [3.63, 3.8) is 0 Å². The van der Waals surface area contributed by atoms with E-state index in [9.17, 15) is 4.79 Å². The number of aryl methyl sites for hydroxylation is 1. The first-order valence-electron chi connectivity index (χ1n) is 11.8. The first-order valence-corrected chi connectivity index (χ1v) is 11.8. The van der Waals surface area contributed by atoms with Crippen molar-refractivity contribution in [2.45, 2.75) is 57.5 Å². The molecule has 0 N–H and O–H groups in total. The molecule has 2 fully saturated rings. The highest BCUT2D eigenvalue weighted by Crippen LogP contribution is 2.29. The summed E-state index contributed by atoms with van der Waals surface area (Å²) in [7, 11) is 3.89. The molecule has 2 aromatic carbocycles. The van der Waals surface area contributed by atoms with E-state index in [1.54, 1.807) is 7.11 Å². The van der Waals surface area contributed by atoms with Crippen LogP contribution in [0.15, 0.2) is 48.5 Å². The number of carbonyl (C=O) groups excluding carboxylic acids is 1. The highest BCUT2D eigenvalue weighted by molar-refractivity contribution is 5.77. The van der Waals surface area contributed by atoms with Crippen LogP contribution in [0.3, 0.4) is 0 Å². The number of ether oxygens (including phenoxy) is 1. The molecule has 1 saturated carbocycles. The molecule has 2 aliphatic rings. The van der Waals surface area contributed by atoms with Crippen LogP contribution in [0.5, 0.6) is 5.75 Å². The van der Waals surface area contributed by atoms with Crippen molar-refractivity contribution in [3.8, 4) is 5.75 Å². The maximum absolute atomic E-state index is 13.0. The predicted octanol–water partition coefficient (Wildman–Crippen LogP) is 4.70. The number of amides is 1. The normalized spacial score (nSPS) is 17.5. The number of benzene rings is 2. The van der Waals surface area contributed by atoms with Crippen LogP contribution < -0.4 is 4.74 Å². The fourth-order valence-corrected chi connectivity index (χ4v) is 4.57. The molecule has 0 atom stereocenters. The molecule has 0 spiro atoms. The molecule has 0 aromatic heterocycles. The molecule has 1 heterocycles. The van der Waals surface area contributed by atoms with Gasteiger partial charge in [0.25, 0.3) is 0 Å². The lowest BCUT2D eigenvalue weighted by atomic mass is 9.90. The van der Waals surface area contributed by atoms with Crippen molar-refractivity contribution in [2.24, 2.45) is 5.92 Å². The Bertz CT molecular complexity index is 835. The fraction of sp³-hybridized carbons (Fsp3) is 0.519. The van der Waals surface area contributed by atoms with Gasteiger partial charge in [0.1, 0.15) is 5.75 Å². The number of likely N-dealkylation sites (tertiary alicyclic amines) is 1. The molecule has 166 valence electrons. The molecule has 4 nitrogen and oxygen atoms in total. The summed E-state index contributed by atoms with van der Waals surface area (Å²) in [6, 6.07) is 17.5. The molecule has 4 rings (SSSR count). The molecule has 2 aromatic rings. The number of carbonyl (C=O) groups is 1. The van der Waals surface area contributed by atoms with Crippen molar-refractivity contribution in [1.29, 1.82) is 0 Å². The summed E-state index contributed by atoms with van der Waals surface area (Å²) >= 11 is 0. The van der Waals surface area contributed by atoms with Crippen LogP contribution in [-0.4, -0.2) is 49.0 Å². The van der Waals surface area contributed by atoms with Gasteiger partial charge in [-0.05, 0) is 93.4 Å². The first-order chi connectivity index (χ1) is 15.1. The van der Waals surface area contributed by atoms with Crippen LogP contribution in [0.2, 0.25) is 0 Å². The highest BCUT2D eigenvalue weighted by atomic mass is 16.5. The van der Waals surface area contributed by atoms with Gasteiger partial charge in [0, 0.05) is 19.0 Å². The molecule has 31 heavy (non-hydrogen) atoms. The van der Waals surface area contributed by atoms with E-state index >= 15 is 0 Å². The van der Waals surface area contributed by atoms with Gasteiger partial charge in [-0.3, -0.25) is 4.79 Å². The Morgan fingerprint density at radius 2 is 1.55 bits per heavy atom. The van der Waals surface area contributed by atoms with Gasteiger partial charge in [-0.1, -0.05) is 36.4 Å². The topological polar surface area (TPSA) is 32.8 Å². The molecule has 0 bridgehead atoms. The second kappa shape index (κ2) is 10.3.